The Bertz CT molecular complexity index is 666. The molecule has 0 aliphatic carbocycles. The number of carbonyl (C=O) groups is 1. The van der Waals surface area contributed by atoms with Crippen molar-refractivity contribution in [3.63, 3.8) is 0 Å². The summed E-state index contributed by atoms with van der Waals surface area (Å²) in [6.45, 7) is 0. The summed E-state index contributed by atoms with van der Waals surface area (Å²) in [4.78, 5) is 11.8. The molecule has 0 amide bonds. The summed E-state index contributed by atoms with van der Waals surface area (Å²) in [5, 5.41) is 10.9. The number of allylic oxidation sites excluding steroid dienone is 1. The van der Waals surface area contributed by atoms with E-state index in [1.165, 1.54) is 6.08 Å². The van der Waals surface area contributed by atoms with Crippen LogP contribution >= 0.6 is 23.2 Å². The third-order valence-electron chi connectivity index (χ3n) is 3.15. The van der Waals surface area contributed by atoms with Gasteiger partial charge in [-0.1, -0.05) is 65.7 Å². The van der Waals surface area contributed by atoms with Gasteiger partial charge in [-0.2, -0.15) is 0 Å². The second-order valence-corrected chi connectivity index (χ2v) is 5.84. The molecule has 2 nitrogen and oxygen atoms in total. The van der Waals surface area contributed by atoms with Crippen molar-refractivity contribution in [3.8, 4) is 0 Å². The minimum Gasteiger partial charge on any atom is -0.392 e. The monoisotopic (exact) mass is 334 g/mol. The highest BCUT2D eigenvalue weighted by Gasteiger charge is 2.10. The van der Waals surface area contributed by atoms with Crippen molar-refractivity contribution in [2.45, 2.75) is 18.9 Å². The number of aliphatic hydroxyl groups excluding tert-OH is 1. The fraction of sp³-hybridized carbons (Fsp3) is 0.167. The third kappa shape index (κ3) is 5.30. The van der Waals surface area contributed by atoms with Crippen LogP contribution in [0.4, 0.5) is 0 Å². The van der Waals surface area contributed by atoms with Crippen LogP contribution in [0, 0.1) is 0 Å². The highest BCUT2D eigenvalue weighted by atomic mass is 35.5. The van der Waals surface area contributed by atoms with E-state index in [0.717, 1.165) is 11.1 Å². The average Bonchev–Trinajstić information content (AvgIpc) is 2.50. The first-order valence-corrected chi connectivity index (χ1v) is 7.68. The normalized spacial score (nSPS) is 12.5. The van der Waals surface area contributed by atoms with Crippen LogP contribution in [-0.2, 0) is 11.2 Å². The Morgan fingerprint density at radius 1 is 1.09 bits per heavy atom. The molecule has 1 atom stereocenters. The van der Waals surface area contributed by atoms with Gasteiger partial charge in [0.15, 0.2) is 5.78 Å². The molecule has 2 rings (SSSR count). The molecule has 0 fully saturated rings. The van der Waals surface area contributed by atoms with Gasteiger partial charge in [-0.25, -0.2) is 0 Å². The van der Waals surface area contributed by atoms with E-state index in [1.807, 2.05) is 30.3 Å². The first-order chi connectivity index (χ1) is 10.5. The Balaban J connectivity index is 1.88. The summed E-state index contributed by atoms with van der Waals surface area (Å²) in [5.74, 6) is -0.114. The summed E-state index contributed by atoms with van der Waals surface area (Å²) < 4.78 is 0. The van der Waals surface area contributed by atoms with Gasteiger partial charge in [0, 0.05) is 6.42 Å². The van der Waals surface area contributed by atoms with Crippen LogP contribution < -0.4 is 0 Å². The van der Waals surface area contributed by atoms with Crippen molar-refractivity contribution in [2.24, 2.45) is 0 Å². The van der Waals surface area contributed by atoms with Crippen LogP contribution in [0.5, 0.6) is 0 Å². The first-order valence-electron chi connectivity index (χ1n) is 6.92. The van der Waals surface area contributed by atoms with Gasteiger partial charge in [0.1, 0.15) is 0 Å². The fourth-order valence-corrected chi connectivity index (χ4v) is 2.39. The number of aliphatic hydroxyl groups is 1. The zero-order valence-corrected chi connectivity index (χ0v) is 13.4. The number of benzene rings is 2. The van der Waals surface area contributed by atoms with Crippen molar-refractivity contribution >= 4 is 35.1 Å². The standard InChI is InChI=1S/C18H16Cl2O2/c19-17-9-7-14(11-18(17)20)10-16(22)12-15(21)8-6-13-4-2-1-3-5-13/h1-9,11,16,22H,10,12H2/b8-6+. The molecule has 2 aromatic rings. The van der Waals surface area contributed by atoms with E-state index in [-0.39, 0.29) is 12.2 Å². The van der Waals surface area contributed by atoms with E-state index in [1.54, 1.807) is 24.3 Å². The van der Waals surface area contributed by atoms with Crippen molar-refractivity contribution in [1.29, 1.82) is 0 Å². The number of ketones is 1. The molecule has 0 aromatic heterocycles. The molecule has 1 N–H and O–H groups in total. The van der Waals surface area contributed by atoms with E-state index < -0.39 is 6.10 Å². The molecule has 0 spiro atoms. The Labute approximate surface area is 140 Å². The molecule has 0 aliphatic heterocycles. The second-order valence-electron chi connectivity index (χ2n) is 5.02. The number of carbonyl (C=O) groups excluding carboxylic acids is 1. The van der Waals surface area contributed by atoms with Gasteiger partial charge in [0.25, 0.3) is 0 Å². The van der Waals surface area contributed by atoms with Crippen LogP contribution in [0.3, 0.4) is 0 Å². The maximum atomic E-state index is 11.8. The number of rotatable bonds is 6. The number of halogens is 2. The maximum absolute atomic E-state index is 11.8. The lowest BCUT2D eigenvalue weighted by atomic mass is 10.0. The second kappa shape index (κ2) is 8.14. The van der Waals surface area contributed by atoms with Gasteiger partial charge >= 0.3 is 0 Å². The highest BCUT2D eigenvalue weighted by molar-refractivity contribution is 6.42. The van der Waals surface area contributed by atoms with E-state index in [9.17, 15) is 9.90 Å². The maximum Gasteiger partial charge on any atom is 0.158 e. The van der Waals surface area contributed by atoms with Crippen molar-refractivity contribution < 1.29 is 9.90 Å². The third-order valence-corrected chi connectivity index (χ3v) is 3.89. The van der Waals surface area contributed by atoms with E-state index >= 15 is 0 Å². The minimum atomic E-state index is -0.745. The summed E-state index contributed by atoms with van der Waals surface area (Å²) in [7, 11) is 0. The van der Waals surface area contributed by atoms with Gasteiger partial charge in [-0.3, -0.25) is 4.79 Å². The minimum absolute atomic E-state index is 0.0730. The lowest BCUT2D eigenvalue weighted by Gasteiger charge is -2.09. The fourth-order valence-electron chi connectivity index (χ4n) is 2.06. The molecule has 0 aliphatic rings. The van der Waals surface area contributed by atoms with Crippen LogP contribution in [0.2, 0.25) is 10.0 Å². The summed E-state index contributed by atoms with van der Waals surface area (Å²) in [6.07, 6.45) is 2.93. The van der Waals surface area contributed by atoms with E-state index in [0.29, 0.717) is 16.5 Å². The first kappa shape index (κ1) is 16.8. The summed E-state index contributed by atoms with van der Waals surface area (Å²) in [5.41, 5.74) is 1.80. The quantitative estimate of drug-likeness (QED) is 0.785. The number of hydrogen-bond donors (Lipinski definition) is 1. The molecular weight excluding hydrogens is 319 g/mol. The molecule has 0 saturated heterocycles. The average molecular weight is 335 g/mol. The summed E-state index contributed by atoms with van der Waals surface area (Å²) >= 11 is 11.8. The highest BCUT2D eigenvalue weighted by Crippen LogP contribution is 2.23. The summed E-state index contributed by atoms with van der Waals surface area (Å²) in [6, 6.07) is 14.7. The van der Waals surface area contributed by atoms with Crippen LogP contribution in [0.1, 0.15) is 17.5 Å². The Morgan fingerprint density at radius 3 is 2.50 bits per heavy atom. The van der Waals surface area contributed by atoms with E-state index in [2.05, 4.69) is 0 Å². The molecule has 0 saturated carbocycles. The van der Waals surface area contributed by atoms with Gasteiger partial charge in [0.05, 0.1) is 16.1 Å². The smallest absolute Gasteiger partial charge is 0.158 e. The number of hydrogen-bond acceptors (Lipinski definition) is 2. The van der Waals surface area contributed by atoms with E-state index in [4.69, 9.17) is 23.2 Å². The van der Waals surface area contributed by atoms with Gasteiger partial charge < -0.3 is 5.11 Å². The van der Waals surface area contributed by atoms with Crippen molar-refractivity contribution in [3.05, 3.63) is 75.8 Å². The molecule has 0 bridgehead atoms. The van der Waals surface area contributed by atoms with Crippen LogP contribution in [0.15, 0.2) is 54.6 Å². The molecule has 0 heterocycles. The topological polar surface area (TPSA) is 37.3 Å². The predicted molar refractivity (Wildman–Crippen MR) is 91.3 cm³/mol. The lowest BCUT2D eigenvalue weighted by Crippen LogP contribution is -2.14. The Kier molecular flexibility index (Phi) is 6.20. The Hall–Kier alpha value is -1.61. The van der Waals surface area contributed by atoms with Gasteiger partial charge in [-0.15, -0.1) is 0 Å². The lowest BCUT2D eigenvalue weighted by molar-refractivity contribution is -0.116. The van der Waals surface area contributed by atoms with Crippen LogP contribution in [-0.4, -0.2) is 17.0 Å². The largest absolute Gasteiger partial charge is 0.392 e. The SMILES string of the molecule is O=C(/C=C/c1ccccc1)CC(O)Cc1ccc(Cl)c(Cl)c1. The molecule has 4 heteroatoms. The molecule has 114 valence electrons. The zero-order valence-electron chi connectivity index (χ0n) is 11.9. The molecule has 0 radical (unpaired) electrons. The molecular formula is C18H16Cl2O2. The predicted octanol–water partition coefficient (Wildman–Crippen LogP) is 4.57. The Morgan fingerprint density at radius 2 is 1.82 bits per heavy atom. The molecule has 1 unspecified atom stereocenters. The molecule has 22 heavy (non-hydrogen) atoms. The van der Waals surface area contributed by atoms with Crippen molar-refractivity contribution in [2.75, 3.05) is 0 Å². The van der Waals surface area contributed by atoms with Gasteiger partial charge in [0.2, 0.25) is 0 Å². The van der Waals surface area contributed by atoms with Crippen molar-refractivity contribution in [1.82, 2.24) is 0 Å². The zero-order chi connectivity index (χ0) is 15.9. The van der Waals surface area contributed by atoms with Gasteiger partial charge in [-0.05, 0) is 35.8 Å². The molecule has 2 aromatic carbocycles. The van der Waals surface area contributed by atoms with Crippen LogP contribution in [0.25, 0.3) is 6.08 Å².